The van der Waals surface area contributed by atoms with Gasteiger partial charge in [0.2, 0.25) is 0 Å². The molecule has 2 heterocycles. The monoisotopic (exact) mass is 412 g/mol. The van der Waals surface area contributed by atoms with Crippen LogP contribution in [0.25, 0.3) is 11.0 Å². The van der Waals surface area contributed by atoms with Crippen LogP contribution in [0.15, 0.2) is 51.2 Å². The lowest BCUT2D eigenvalue weighted by Crippen LogP contribution is -2.09. The molecule has 0 unspecified atom stereocenters. The van der Waals surface area contributed by atoms with Gasteiger partial charge in [0.15, 0.2) is 15.5 Å². The van der Waals surface area contributed by atoms with Crippen molar-refractivity contribution < 1.29 is 8.42 Å². The van der Waals surface area contributed by atoms with E-state index in [0.717, 1.165) is 20.5 Å². The van der Waals surface area contributed by atoms with E-state index in [9.17, 15) is 8.42 Å². The van der Waals surface area contributed by atoms with Gasteiger partial charge in [-0.15, -0.1) is 11.8 Å². The lowest BCUT2D eigenvalue weighted by Gasteiger charge is -2.05. The van der Waals surface area contributed by atoms with Gasteiger partial charge in [-0.1, -0.05) is 15.9 Å². The first-order valence-corrected chi connectivity index (χ1v) is 10.1. The number of aryl methyl sites for hydroxylation is 1. The Hall–Kier alpha value is -1.45. The zero-order valence-corrected chi connectivity index (χ0v) is 15.4. The number of fused-ring (bicyclic) bond motifs is 1. The SMILES string of the molecule is Cn1ncc2c(SCCS(=O)(=O)c3ccc(Br)cc3)ncnc21. The van der Waals surface area contributed by atoms with Crippen LogP contribution < -0.4 is 0 Å². The van der Waals surface area contributed by atoms with Crippen LogP contribution in [0.4, 0.5) is 0 Å². The Morgan fingerprint density at radius 1 is 1.22 bits per heavy atom. The Morgan fingerprint density at radius 2 is 1.96 bits per heavy atom. The molecule has 0 aliphatic carbocycles. The van der Waals surface area contributed by atoms with Crippen LogP contribution in [-0.2, 0) is 16.9 Å². The van der Waals surface area contributed by atoms with Crippen LogP contribution >= 0.6 is 27.7 Å². The van der Waals surface area contributed by atoms with Crippen molar-refractivity contribution in [2.45, 2.75) is 9.92 Å². The summed E-state index contributed by atoms with van der Waals surface area (Å²) in [5.74, 6) is 0.463. The fraction of sp³-hybridized carbons (Fsp3) is 0.214. The number of nitrogens with zero attached hydrogens (tertiary/aromatic N) is 4. The van der Waals surface area contributed by atoms with Crippen LogP contribution in [-0.4, -0.2) is 39.7 Å². The number of rotatable bonds is 5. The van der Waals surface area contributed by atoms with E-state index < -0.39 is 9.84 Å². The predicted octanol–water partition coefficient (Wildman–Crippen LogP) is 2.69. The number of benzene rings is 1. The average molecular weight is 413 g/mol. The summed E-state index contributed by atoms with van der Waals surface area (Å²) in [6, 6.07) is 6.66. The molecule has 0 saturated heterocycles. The van der Waals surface area contributed by atoms with Gasteiger partial charge in [0, 0.05) is 17.3 Å². The van der Waals surface area contributed by atoms with Gasteiger partial charge in [-0.05, 0) is 24.3 Å². The first kappa shape index (κ1) is 16.4. The van der Waals surface area contributed by atoms with Crippen molar-refractivity contribution in [2.75, 3.05) is 11.5 Å². The van der Waals surface area contributed by atoms with E-state index >= 15 is 0 Å². The largest absolute Gasteiger partial charge is 0.250 e. The maximum atomic E-state index is 12.3. The van der Waals surface area contributed by atoms with E-state index in [2.05, 4.69) is 31.0 Å². The highest BCUT2D eigenvalue weighted by atomic mass is 79.9. The Morgan fingerprint density at radius 3 is 2.70 bits per heavy atom. The smallest absolute Gasteiger partial charge is 0.179 e. The molecule has 3 rings (SSSR count). The number of sulfone groups is 1. The molecule has 23 heavy (non-hydrogen) atoms. The first-order chi connectivity index (χ1) is 11.0. The van der Waals surface area contributed by atoms with E-state index in [-0.39, 0.29) is 5.75 Å². The summed E-state index contributed by atoms with van der Waals surface area (Å²) in [5.41, 5.74) is 0.735. The van der Waals surface area contributed by atoms with Crippen molar-refractivity contribution in [3.8, 4) is 0 Å². The fourth-order valence-electron chi connectivity index (χ4n) is 2.06. The summed E-state index contributed by atoms with van der Waals surface area (Å²) in [6.07, 6.45) is 3.16. The second kappa shape index (κ2) is 6.58. The van der Waals surface area contributed by atoms with Crippen LogP contribution in [0.5, 0.6) is 0 Å². The van der Waals surface area contributed by atoms with E-state index in [1.165, 1.54) is 18.1 Å². The molecule has 6 nitrogen and oxygen atoms in total. The third-order valence-corrected chi connectivity index (χ3v) is 6.78. The maximum Gasteiger partial charge on any atom is 0.179 e. The van der Waals surface area contributed by atoms with Gasteiger partial charge < -0.3 is 0 Å². The summed E-state index contributed by atoms with van der Waals surface area (Å²) in [5, 5.41) is 5.73. The molecule has 2 aromatic heterocycles. The van der Waals surface area contributed by atoms with E-state index in [4.69, 9.17) is 0 Å². The molecule has 0 spiro atoms. The highest BCUT2D eigenvalue weighted by Crippen LogP contribution is 2.25. The van der Waals surface area contributed by atoms with E-state index in [1.54, 1.807) is 35.1 Å². The Balaban J connectivity index is 1.72. The summed E-state index contributed by atoms with van der Waals surface area (Å²) in [4.78, 5) is 8.72. The first-order valence-electron chi connectivity index (χ1n) is 6.71. The van der Waals surface area contributed by atoms with Crippen molar-refractivity contribution in [3.05, 3.63) is 41.3 Å². The second-order valence-electron chi connectivity index (χ2n) is 4.81. The van der Waals surface area contributed by atoms with Crippen LogP contribution in [0.3, 0.4) is 0 Å². The molecule has 120 valence electrons. The molecule has 0 bridgehead atoms. The molecule has 0 radical (unpaired) electrons. The topological polar surface area (TPSA) is 77.7 Å². The molecule has 0 fully saturated rings. The zero-order chi connectivity index (χ0) is 16.4. The molecule has 9 heteroatoms. The standard InChI is InChI=1S/C14H13BrN4O2S2/c1-19-13-12(8-18-19)14(17-9-16-13)22-6-7-23(20,21)11-4-2-10(15)3-5-11/h2-5,8-9H,6-7H2,1H3. The molecule has 0 saturated carbocycles. The molecule has 0 aliphatic rings. The number of halogens is 1. The molecule has 0 N–H and O–H groups in total. The number of hydrogen-bond donors (Lipinski definition) is 0. The van der Waals surface area contributed by atoms with Gasteiger partial charge in [0.25, 0.3) is 0 Å². The average Bonchev–Trinajstić information content (AvgIpc) is 2.90. The van der Waals surface area contributed by atoms with E-state index in [0.29, 0.717) is 10.6 Å². The molecular formula is C14H13BrN4O2S2. The Bertz CT molecular complexity index is 939. The van der Waals surface area contributed by atoms with Crippen molar-refractivity contribution in [1.29, 1.82) is 0 Å². The minimum absolute atomic E-state index is 0.0467. The van der Waals surface area contributed by atoms with Crippen LogP contribution in [0, 0.1) is 0 Å². The molecule has 0 amide bonds. The molecule has 3 aromatic rings. The lowest BCUT2D eigenvalue weighted by atomic mass is 10.4. The Labute approximate surface area is 146 Å². The third kappa shape index (κ3) is 3.56. The maximum absolute atomic E-state index is 12.3. The summed E-state index contributed by atoms with van der Waals surface area (Å²) < 4.78 is 27.2. The minimum atomic E-state index is -3.30. The second-order valence-corrected chi connectivity index (χ2v) is 8.91. The van der Waals surface area contributed by atoms with Gasteiger partial charge in [-0.25, -0.2) is 18.4 Å². The normalized spacial score (nSPS) is 11.9. The van der Waals surface area contributed by atoms with Crippen molar-refractivity contribution in [1.82, 2.24) is 19.7 Å². The molecule has 0 aliphatic heterocycles. The highest BCUT2D eigenvalue weighted by molar-refractivity contribution is 9.10. The molecular weight excluding hydrogens is 400 g/mol. The molecule has 1 aromatic carbocycles. The van der Waals surface area contributed by atoms with Gasteiger partial charge in [0.1, 0.15) is 11.4 Å². The highest BCUT2D eigenvalue weighted by Gasteiger charge is 2.15. The summed E-state index contributed by atoms with van der Waals surface area (Å²) in [7, 11) is -1.49. The fourth-order valence-corrected chi connectivity index (χ4v) is 4.94. The number of hydrogen-bond acceptors (Lipinski definition) is 6. The van der Waals surface area contributed by atoms with Gasteiger partial charge in [-0.3, -0.25) is 4.68 Å². The Kier molecular flexibility index (Phi) is 4.69. The minimum Gasteiger partial charge on any atom is -0.250 e. The summed E-state index contributed by atoms with van der Waals surface area (Å²) >= 11 is 4.69. The van der Waals surface area contributed by atoms with Crippen LogP contribution in [0.1, 0.15) is 0 Å². The van der Waals surface area contributed by atoms with Crippen molar-refractivity contribution in [3.63, 3.8) is 0 Å². The zero-order valence-electron chi connectivity index (χ0n) is 12.2. The predicted molar refractivity (Wildman–Crippen MR) is 93.2 cm³/mol. The van der Waals surface area contributed by atoms with Crippen molar-refractivity contribution in [2.24, 2.45) is 7.05 Å². The summed E-state index contributed by atoms with van der Waals surface area (Å²) in [6.45, 7) is 0. The van der Waals surface area contributed by atoms with Gasteiger partial charge in [-0.2, -0.15) is 5.10 Å². The lowest BCUT2D eigenvalue weighted by molar-refractivity contribution is 0.597. The van der Waals surface area contributed by atoms with Crippen molar-refractivity contribution >= 4 is 48.6 Å². The van der Waals surface area contributed by atoms with Gasteiger partial charge >= 0.3 is 0 Å². The third-order valence-electron chi connectivity index (χ3n) is 3.26. The quantitative estimate of drug-likeness (QED) is 0.473. The number of thioether (sulfide) groups is 1. The van der Waals surface area contributed by atoms with Crippen LogP contribution in [0.2, 0.25) is 0 Å². The van der Waals surface area contributed by atoms with Gasteiger partial charge in [0.05, 0.1) is 22.2 Å². The molecule has 0 atom stereocenters. The number of aromatic nitrogens is 4. The van der Waals surface area contributed by atoms with E-state index in [1.807, 2.05) is 7.05 Å².